The molecule has 0 unspecified atom stereocenters. The van der Waals surface area contributed by atoms with Crippen LogP contribution in [-0.2, 0) is 6.42 Å². The Morgan fingerprint density at radius 2 is 2.39 bits per heavy atom. The van der Waals surface area contributed by atoms with Crippen molar-refractivity contribution in [3.05, 3.63) is 42.1 Å². The first kappa shape index (κ1) is 12.1. The molecule has 2 heterocycles. The Labute approximate surface area is 104 Å². The number of carboxylic acids is 1. The molecule has 0 atom stereocenters. The van der Waals surface area contributed by atoms with Gasteiger partial charge in [-0.15, -0.1) is 0 Å². The minimum Gasteiger partial charge on any atom is -0.477 e. The normalized spacial score (nSPS) is 10.3. The van der Waals surface area contributed by atoms with Gasteiger partial charge in [0.2, 0.25) is 0 Å². The zero-order valence-electron chi connectivity index (χ0n) is 10.00. The van der Waals surface area contributed by atoms with Crippen molar-refractivity contribution in [1.82, 2.24) is 15.0 Å². The van der Waals surface area contributed by atoms with Crippen LogP contribution < -0.4 is 4.90 Å². The predicted octanol–water partition coefficient (Wildman–Crippen LogP) is 1.18. The maximum atomic E-state index is 11.0. The average Bonchev–Trinajstić information content (AvgIpc) is 2.89. The molecule has 2 aromatic heterocycles. The van der Waals surface area contributed by atoms with Crippen LogP contribution in [0.15, 0.2) is 30.9 Å². The molecule has 0 fully saturated rings. The van der Waals surface area contributed by atoms with Gasteiger partial charge in [0.25, 0.3) is 0 Å². The van der Waals surface area contributed by atoms with Gasteiger partial charge in [-0.1, -0.05) is 0 Å². The minimum atomic E-state index is -1.02. The first-order valence-corrected chi connectivity index (χ1v) is 5.55. The number of hydrogen-bond acceptors (Lipinski definition) is 4. The van der Waals surface area contributed by atoms with Crippen molar-refractivity contribution in [3.63, 3.8) is 0 Å². The highest BCUT2D eigenvalue weighted by Crippen LogP contribution is 2.14. The van der Waals surface area contributed by atoms with Crippen molar-refractivity contribution in [2.75, 3.05) is 18.5 Å². The molecule has 0 aliphatic carbocycles. The van der Waals surface area contributed by atoms with Crippen LogP contribution in [0.2, 0.25) is 0 Å². The second-order valence-electron chi connectivity index (χ2n) is 3.93. The fourth-order valence-corrected chi connectivity index (χ4v) is 1.70. The van der Waals surface area contributed by atoms with E-state index >= 15 is 0 Å². The summed E-state index contributed by atoms with van der Waals surface area (Å²) in [5.74, 6) is -0.582. The second-order valence-corrected chi connectivity index (χ2v) is 3.93. The van der Waals surface area contributed by atoms with E-state index in [1.165, 1.54) is 12.5 Å². The van der Waals surface area contributed by atoms with E-state index in [9.17, 15) is 4.79 Å². The standard InChI is InChI=1S/C12H14N4O2/c1-16(6-4-9-3-2-5-14-9)11-10(12(17)18)7-13-8-15-11/h2-3,5,7-8,14H,4,6H2,1H3,(H,17,18). The van der Waals surface area contributed by atoms with Gasteiger partial charge in [-0.2, -0.15) is 0 Å². The fourth-order valence-electron chi connectivity index (χ4n) is 1.70. The fraction of sp³-hybridized carbons (Fsp3) is 0.250. The van der Waals surface area contributed by atoms with E-state index in [0.717, 1.165) is 12.1 Å². The van der Waals surface area contributed by atoms with Gasteiger partial charge in [0.05, 0.1) is 0 Å². The third-order valence-corrected chi connectivity index (χ3v) is 2.66. The number of nitrogens with one attached hydrogen (secondary N) is 1. The number of H-pyrrole nitrogens is 1. The van der Waals surface area contributed by atoms with E-state index in [0.29, 0.717) is 12.4 Å². The number of likely N-dealkylation sites (N-methyl/N-ethyl adjacent to an activating group) is 1. The molecule has 0 radical (unpaired) electrons. The van der Waals surface area contributed by atoms with Crippen LogP contribution in [0.1, 0.15) is 16.1 Å². The maximum absolute atomic E-state index is 11.0. The van der Waals surface area contributed by atoms with Crippen molar-refractivity contribution in [3.8, 4) is 0 Å². The van der Waals surface area contributed by atoms with E-state index < -0.39 is 5.97 Å². The zero-order valence-corrected chi connectivity index (χ0v) is 10.00. The zero-order chi connectivity index (χ0) is 13.0. The molecular formula is C12H14N4O2. The highest BCUT2D eigenvalue weighted by molar-refractivity contribution is 5.92. The number of aromatic carboxylic acids is 1. The molecule has 0 bridgehead atoms. The summed E-state index contributed by atoms with van der Waals surface area (Å²) in [7, 11) is 1.82. The highest BCUT2D eigenvalue weighted by atomic mass is 16.4. The number of anilines is 1. The molecule has 2 aromatic rings. The van der Waals surface area contributed by atoms with Crippen LogP contribution in [0.4, 0.5) is 5.82 Å². The van der Waals surface area contributed by atoms with Gasteiger partial charge in [-0.05, 0) is 12.1 Å². The van der Waals surface area contributed by atoms with E-state index in [1.807, 2.05) is 30.3 Å². The van der Waals surface area contributed by atoms with E-state index in [2.05, 4.69) is 15.0 Å². The lowest BCUT2D eigenvalue weighted by molar-refractivity contribution is 0.0696. The Morgan fingerprint density at radius 3 is 3.06 bits per heavy atom. The lowest BCUT2D eigenvalue weighted by Crippen LogP contribution is -2.24. The Morgan fingerprint density at radius 1 is 1.56 bits per heavy atom. The SMILES string of the molecule is CN(CCc1ccc[nH]1)c1ncncc1C(=O)O. The summed E-state index contributed by atoms with van der Waals surface area (Å²) in [6.45, 7) is 0.678. The summed E-state index contributed by atoms with van der Waals surface area (Å²) in [6, 6.07) is 3.93. The number of rotatable bonds is 5. The molecule has 0 aromatic carbocycles. The lowest BCUT2D eigenvalue weighted by Gasteiger charge is -2.18. The summed E-state index contributed by atoms with van der Waals surface area (Å²) in [5, 5.41) is 9.05. The van der Waals surface area contributed by atoms with Crippen LogP contribution in [0.3, 0.4) is 0 Å². The van der Waals surface area contributed by atoms with Gasteiger partial charge in [-0.25, -0.2) is 14.8 Å². The van der Waals surface area contributed by atoms with Crippen molar-refractivity contribution >= 4 is 11.8 Å². The van der Waals surface area contributed by atoms with Crippen LogP contribution in [0.25, 0.3) is 0 Å². The van der Waals surface area contributed by atoms with Crippen molar-refractivity contribution < 1.29 is 9.90 Å². The molecule has 2 N–H and O–H groups in total. The summed E-state index contributed by atoms with van der Waals surface area (Å²) in [4.78, 5) is 23.7. The number of carbonyl (C=O) groups is 1. The molecule has 0 saturated carbocycles. The van der Waals surface area contributed by atoms with Crippen molar-refractivity contribution in [2.45, 2.75) is 6.42 Å². The first-order chi connectivity index (χ1) is 8.68. The number of hydrogen-bond donors (Lipinski definition) is 2. The van der Waals surface area contributed by atoms with Gasteiger partial charge in [0.1, 0.15) is 17.7 Å². The van der Waals surface area contributed by atoms with Gasteiger partial charge in [0, 0.05) is 38.1 Å². The molecular weight excluding hydrogens is 232 g/mol. The van der Waals surface area contributed by atoms with E-state index in [4.69, 9.17) is 5.11 Å². The number of carboxylic acid groups (broad SMARTS) is 1. The predicted molar refractivity (Wildman–Crippen MR) is 66.8 cm³/mol. The largest absolute Gasteiger partial charge is 0.477 e. The molecule has 0 aliphatic rings. The monoisotopic (exact) mass is 246 g/mol. The summed E-state index contributed by atoms with van der Waals surface area (Å²) < 4.78 is 0. The van der Waals surface area contributed by atoms with Crippen LogP contribution >= 0.6 is 0 Å². The van der Waals surface area contributed by atoms with Gasteiger partial charge in [-0.3, -0.25) is 0 Å². The van der Waals surface area contributed by atoms with Crippen LogP contribution in [-0.4, -0.2) is 39.6 Å². The smallest absolute Gasteiger partial charge is 0.341 e. The quantitative estimate of drug-likeness (QED) is 0.827. The molecule has 6 heteroatoms. The summed E-state index contributed by atoms with van der Waals surface area (Å²) in [5.41, 5.74) is 1.22. The molecule has 6 nitrogen and oxygen atoms in total. The lowest BCUT2D eigenvalue weighted by atomic mass is 10.2. The molecule has 0 spiro atoms. The highest BCUT2D eigenvalue weighted by Gasteiger charge is 2.14. The number of nitrogens with zero attached hydrogens (tertiary/aromatic N) is 3. The van der Waals surface area contributed by atoms with Crippen LogP contribution in [0, 0.1) is 0 Å². The molecule has 0 saturated heterocycles. The van der Waals surface area contributed by atoms with E-state index in [1.54, 1.807) is 0 Å². The number of aromatic nitrogens is 3. The van der Waals surface area contributed by atoms with Gasteiger partial charge in [0.15, 0.2) is 0 Å². The number of aromatic amines is 1. The Kier molecular flexibility index (Phi) is 3.57. The summed E-state index contributed by atoms with van der Waals surface area (Å²) >= 11 is 0. The topological polar surface area (TPSA) is 82.1 Å². The average molecular weight is 246 g/mol. The Bertz CT molecular complexity index is 525. The Hall–Kier alpha value is -2.37. The molecule has 0 amide bonds. The van der Waals surface area contributed by atoms with E-state index in [-0.39, 0.29) is 5.56 Å². The van der Waals surface area contributed by atoms with Crippen molar-refractivity contribution in [2.24, 2.45) is 0 Å². The van der Waals surface area contributed by atoms with Gasteiger partial charge < -0.3 is 15.0 Å². The molecule has 18 heavy (non-hydrogen) atoms. The second kappa shape index (κ2) is 5.31. The molecule has 0 aliphatic heterocycles. The third kappa shape index (κ3) is 2.65. The maximum Gasteiger partial charge on any atom is 0.341 e. The first-order valence-electron chi connectivity index (χ1n) is 5.55. The minimum absolute atomic E-state index is 0.117. The van der Waals surface area contributed by atoms with Gasteiger partial charge >= 0.3 is 5.97 Å². The van der Waals surface area contributed by atoms with Crippen molar-refractivity contribution in [1.29, 1.82) is 0 Å². The third-order valence-electron chi connectivity index (χ3n) is 2.66. The van der Waals surface area contributed by atoms with Crippen LogP contribution in [0.5, 0.6) is 0 Å². The molecule has 94 valence electrons. The Balaban J connectivity index is 2.09. The molecule has 2 rings (SSSR count). The summed E-state index contributed by atoms with van der Waals surface area (Å²) in [6.07, 6.45) is 5.33.